The van der Waals surface area contributed by atoms with Crippen LogP contribution >= 0.6 is 0 Å². The van der Waals surface area contributed by atoms with Crippen LogP contribution in [-0.2, 0) is 0 Å². The van der Waals surface area contributed by atoms with Crippen molar-refractivity contribution in [2.24, 2.45) is 0 Å². The lowest BCUT2D eigenvalue weighted by Crippen LogP contribution is -1.94. The molecule has 1 heterocycles. The van der Waals surface area contributed by atoms with Crippen molar-refractivity contribution in [3.8, 4) is 28.8 Å². The Morgan fingerprint density at radius 2 is 1.94 bits per heavy atom. The van der Waals surface area contributed by atoms with E-state index in [0.29, 0.717) is 17.2 Å². The van der Waals surface area contributed by atoms with Gasteiger partial charge in [-0.2, -0.15) is 5.26 Å². The first kappa shape index (κ1) is 11.9. The zero-order chi connectivity index (χ0) is 13.0. The Hall–Kier alpha value is -2.54. The van der Waals surface area contributed by atoms with Gasteiger partial charge in [0, 0.05) is 17.3 Å². The average Bonchev–Trinajstić information content (AvgIpc) is 2.46. The van der Waals surface area contributed by atoms with Crippen LogP contribution in [0.25, 0.3) is 11.1 Å². The summed E-state index contributed by atoms with van der Waals surface area (Å²) in [6, 6.07) is 11.0. The standard InChI is InChI=1S/C14H12N2O2/c1-17-13-6-5-10(9-15)8-12(13)11-4-3-7-16-14(11)18-2/h3-8H,1-2H3. The van der Waals surface area contributed by atoms with Crippen molar-refractivity contribution in [1.29, 1.82) is 5.26 Å². The zero-order valence-corrected chi connectivity index (χ0v) is 10.2. The molecule has 0 aliphatic rings. The van der Waals surface area contributed by atoms with Gasteiger partial charge in [0.1, 0.15) is 5.75 Å². The summed E-state index contributed by atoms with van der Waals surface area (Å²) in [5.74, 6) is 1.19. The van der Waals surface area contributed by atoms with Gasteiger partial charge in [-0.1, -0.05) is 0 Å². The van der Waals surface area contributed by atoms with Crippen LogP contribution < -0.4 is 9.47 Å². The molecule has 0 unspecified atom stereocenters. The van der Waals surface area contributed by atoms with Gasteiger partial charge in [0.2, 0.25) is 5.88 Å². The zero-order valence-electron chi connectivity index (χ0n) is 10.2. The van der Waals surface area contributed by atoms with E-state index in [9.17, 15) is 0 Å². The highest BCUT2D eigenvalue weighted by Gasteiger charge is 2.12. The molecule has 0 atom stereocenters. The molecule has 0 aliphatic carbocycles. The fourth-order valence-electron chi connectivity index (χ4n) is 1.75. The van der Waals surface area contributed by atoms with Gasteiger partial charge in [0.15, 0.2) is 0 Å². The van der Waals surface area contributed by atoms with Gasteiger partial charge in [-0.3, -0.25) is 0 Å². The van der Waals surface area contributed by atoms with Crippen LogP contribution in [0.15, 0.2) is 36.5 Å². The molecule has 18 heavy (non-hydrogen) atoms. The van der Waals surface area contributed by atoms with Crippen molar-refractivity contribution >= 4 is 0 Å². The summed E-state index contributed by atoms with van der Waals surface area (Å²) < 4.78 is 10.5. The van der Waals surface area contributed by atoms with E-state index in [1.165, 1.54) is 0 Å². The molecule has 4 heteroatoms. The molecule has 1 aromatic carbocycles. The Kier molecular flexibility index (Phi) is 3.44. The SMILES string of the molecule is COc1ccc(C#N)cc1-c1cccnc1OC. The largest absolute Gasteiger partial charge is 0.496 e. The number of rotatable bonds is 3. The van der Waals surface area contributed by atoms with Crippen molar-refractivity contribution in [3.63, 3.8) is 0 Å². The molecule has 0 aliphatic heterocycles. The number of methoxy groups -OCH3 is 2. The van der Waals surface area contributed by atoms with Gasteiger partial charge >= 0.3 is 0 Å². The molecule has 4 nitrogen and oxygen atoms in total. The van der Waals surface area contributed by atoms with Gasteiger partial charge in [-0.05, 0) is 30.3 Å². The summed E-state index contributed by atoms with van der Waals surface area (Å²) in [5, 5.41) is 8.96. The van der Waals surface area contributed by atoms with Crippen molar-refractivity contribution in [2.45, 2.75) is 0 Å². The molecular weight excluding hydrogens is 228 g/mol. The highest BCUT2D eigenvalue weighted by atomic mass is 16.5. The Labute approximate surface area is 105 Å². The van der Waals surface area contributed by atoms with Crippen LogP contribution in [0.1, 0.15) is 5.56 Å². The molecule has 2 aromatic rings. The third kappa shape index (κ3) is 2.11. The van der Waals surface area contributed by atoms with E-state index in [1.54, 1.807) is 38.6 Å². The summed E-state index contributed by atoms with van der Waals surface area (Å²) in [6.07, 6.45) is 1.66. The number of nitrogens with zero attached hydrogens (tertiary/aromatic N) is 2. The van der Waals surface area contributed by atoms with Crippen LogP contribution in [0.2, 0.25) is 0 Å². The van der Waals surface area contributed by atoms with Crippen molar-refractivity contribution in [2.75, 3.05) is 14.2 Å². The van der Waals surface area contributed by atoms with E-state index >= 15 is 0 Å². The molecular formula is C14H12N2O2. The number of aromatic nitrogens is 1. The first-order chi connectivity index (χ1) is 8.80. The number of pyridine rings is 1. The third-order valence-electron chi connectivity index (χ3n) is 2.58. The van der Waals surface area contributed by atoms with Crippen molar-refractivity contribution in [3.05, 3.63) is 42.1 Å². The van der Waals surface area contributed by atoms with E-state index in [0.717, 1.165) is 11.1 Å². The number of hydrogen-bond acceptors (Lipinski definition) is 4. The van der Waals surface area contributed by atoms with Gasteiger partial charge in [-0.25, -0.2) is 4.98 Å². The maximum absolute atomic E-state index is 8.96. The van der Waals surface area contributed by atoms with Gasteiger partial charge in [-0.15, -0.1) is 0 Å². The summed E-state index contributed by atoms with van der Waals surface area (Å²) >= 11 is 0. The maximum Gasteiger partial charge on any atom is 0.221 e. The topological polar surface area (TPSA) is 55.1 Å². The lowest BCUT2D eigenvalue weighted by atomic mass is 10.0. The summed E-state index contributed by atoms with van der Waals surface area (Å²) in [7, 11) is 3.15. The maximum atomic E-state index is 8.96. The summed E-state index contributed by atoms with van der Waals surface area (Å²) in [5.41, 5.74) is 2.16. The van der Waals surface area contributed by atoms with Crippen LogP contribution in [0.5, 0.6) is 11.6 Å². The molecule has 90 valence electrons. The van der Waals surface area contributed by atoms with Crippen molar-refractivity contribution < 1.29 is 9.47 Å². The van der Waals surface area contributed by atoms with Crippen molar-refractivity contribution in [1.82, 2.24) is 4.98 Å². The molecule has 0 saturated heterocycles. The number of ether oxygens (including phenoxy) is 2. The second-order valence-electron chi connectivity index (χ2n) is 3.59. The molecule has 2 rings (SSSR count). The second kappa shape index (κ2) is 5.19. The molecule has 0 amide bonds. The minimum Gasteiger partial charge on any atom is -0.496 e. The molecule has 1 aromatic heterocycles. The summed E-state index contributed by atoms with van der Waals surface area (Å²) in [4.78, 5) is 4.14. The molecule has 0 spiro atoms. The van der Waals surface area contributed by atoms with Crippen LogP contribution in [0, 0.1) is 11.3 Å². The third-order valence-corrected chi connectivity index (χ3v) is 2.58. The van der Waals surface area contributed by atoms with Gasteiger partial charge < -0.3 is 9.47 Å². The highest BCUT2D eigenvalue weighted by Crippen LogP contribution is 2.35. The molecule has 0 radical (unpaired) electrons. The Bertz CT molecular complexity index is 603. The molecule has 0 N–H and O–H groups in total. The second-order valence-corrected chi connectivity index (χ2v) is 3.59. The average molecular weight is 240 g/mol. The van der Waals surface area contributed by atoms with E-state index < -0.39 is 0 Å². The Balaban J connectivity index is 2.65. The number of nitriles is 1. The summed E-state index contributed by atoms with van der Waals surface area (Å²) in [6.45, 7) is 0. The molecule has 0 saturated carbocycles. The lowest BCUT2D eigenvalue weighted by Gasteiger charge is -2.11. The fraction of sp³-hybridized carbons (Fsp3) is 0.143. The number of benzene rings is 1. The highest BCUT2D eigenvalue weighted by molar-refractivity contribution is 5.75. The first-order valence-electron chi connectivity index (χ1n) is 5.37. The predicted octanol–water partition coefficient (Wildman–Crippen LogP) is 2.64. The van der Waals surface area contributed by atoms with Gasteiger partial charge in [0.25, 0.3) is 0 Å². The monoisotopic (exact) mass is 240 g/mol. The van der Waals surface area contributed by atoms with E-state index in [1.807, 2.05) is 12.1 Å². The molecule has 0 fully saturated rings. The minimum absolute atomic E-state index is 0.505. The van der Waals surface area contributed by atoms with Crippen LogP contribution in [0.4, 0.5) is 0 Å². The number of hydrogen-bond donors (Lipinski definition) is 0. The van der Waals surface area contributed by atoms with E-state index in [-0.39, 0.29) is 0 Å². The molecule has 0 bridgehead atoms. The Morgan fingerprint density at radius 3 is 2.61 bits per heavy atom. The van der Waals surface area contributed by atoms with Gasteiger partial charge in [0.05, 0.1) is 25.9 Å². The van der Waals surface area contributed by atoms with E-state index in [2.05, 4.69) is 11.1 Å². The normalized spacial score (nSPS) is 9.61. The van der Waals surface area contributed by atoms with Crippen LogP contribution in [-0.4, -0.2) is 19.2 Å². The Morgan fingerprint density at radius 1 is 1.11 bits per heavy atom. The fourth-order valence-corrected chi connectivity index (χ4v) is 1.75. The lowest BCUT2D eigenvalue weighted by molar-refractivity contribution is 0.397. The smallest absolute Gasteiger partial charge is 0.221 e. The van der Waals surface area contributed by atoms with Crippen LogP contribution in [0.3, 0.4) is 0 Å². The predicted molar refractivity (Wildman–Crippen MR) is 67.5 cm³/mol. The van der Waals surface area contributed by atoms with E-state index in [4.69, 9.17) is 14.7 Å². The first-order valence-corrected chi connectivity index (χ1v) is 5.37. The minimum atomic E-state index is 0.505. The quantitative estimate of drug-likeness (QED) is 0.827.